The van der Waals surface area contributed by atoms with Gasteiger partial charge in [-0.1, -0.05) is 128 Å². The van der Waals surface area contributed by atoms with Gasteiger partial charge >= 0.3 is 6.09 Å². The van der Waals surface area contributed by atoms with Crippen molar-refractivity contribution in [2.75, 3.05) is 20.2 Å². The van der Waals surface area contributed by atoms with E-state index in [0.29, 0.717) is 25.9 Å². The van der Waals surface area contributed by atoms with Crippen LogP contribution in [-0.4, -0.2) is 77.6 Å². The zero-order chi connectivity index (χ0) is 44.2. The molecule has 2 saturated heterocycles. The Morgan fingerprint density at radius 2 is 1.18 bits per heavy atom. The minimum Gasteiger partial charge on any atom is -0.453 e. The average Bonchev–Trinajstić information content (AvgIpc) is 4.03. The average molecular weight is 830 g/mol. The summed E-state index contributed by atoms with van der Waals surface area (Å²) >= 11 is 0. The van der Waals surface area contributed by atoms with E-state index in [2.05, 4.69) is 101 Å². The quantitative estimate of drug-likeness (QED) is 0.173. The number of benzene rings is 3. The number of ketones is 2. The molecule has 3 aromatic carbocycles. The van der Waals surface area contributed by atoms with E-state index < -0.39 is 18.2 Å². The highest BCUT2D eigenvalue weighted by molar-refractivity contribution is 5.97. The second-order valence-corrected chi connectivity index (χ2v) is 19.3. The maximum absolute atomic E-state index is 13.8. The molecule has 3 amide bonds. The van der Waals surface area contributed by atoms with Crippen molar-refractivity contribution in [1.82, 2.24) is 15.1 Å². The molecule has 2 aliphatic heterocycles. The first kappa shape index (κ1) is 45.5. The molecule has 0 bridgehead atoms. The highest BCUT2D eigenvalue weighted by Gasteiger charge is 2.39. The topological polar surface area (TPSA) is 113 Å². The van der Waals surface area contributed by atoms with E-state index in [1.807, 2.05) is 37.8 Å². The number of methoxy groups -OCH3 is 1. The number of ether oxygens (including phenoxy) is 1. The van der Waals surface area contributed by atoms with Crippen LogP contribution in [-0.2, 0) is 42.2 Å². The third-order valence-corrected chi connectivity index (χ3v) is 13.5. The molecule has 9 heteroatoms. The fourth-order valence-electron chi connectivity index (χ4n) is 9.42. The Labute approximate surface area is 363 Å². The second-order valence-electron chi connectivity index (χ2n) is 19.3. The van der Waals surface area contributed by atoms with Crippen LogP contribution in [0.3, 0.4) is 0 Å². The first-order valence-corrected chi connectivity index (χ1v) is 22.5. The molecule has 0 spiro atoms. The Balaban J connectivity index is 1.21. The van der Waals surface area contributed by atoms with E-state index in [4.69, 9.17) is 4.74 Å². The molecule has 0 aromatic heterocycles. The summed E-state index contributed by atoms with van der Waals surface area (Å²) in [6, 6.07) is 24.2. The summed E-state index contributed by atoms with van der Waals surface area (Å²) in [6.45, 7) is 17.6. The van der Waals surface area contributed by atoms with Gasteiger partial charge in [0.15, 0.2) is 11.6 Å². The summed E-state index contributed by atoms with van der Waals surface area (Å²) in [7, 11) is 1.27. The van der Waals surface area contributed by atoms with Crippen LogP contribution in [0, 0.1) is 17.8 Å². The lowest BCUT2D eigenvalue weighted by atomic mass is 9.83. The van der Waals surface area contributed by atoms with Gasteiger partial charge in [-0.15, -0.1) is 0 Å². The number of likely N-dealkylation sites (tertiary alicyclic amines) is 2. The predicted molar refractivity (Wildman–Crippen MR) is 242 cm³/mol. The molecule has 9 nitrogen and oxygen atoms in total. The van der Waals surface area contributed by atoms with Gasteiger partial charge in [0.25, 0.3) is 0 Å². The summed E-state index contributed by atoms with van der Waals surface area (Å²) in [5.41, 5.74) is 9.30. The summed E-state index contributed by atoms with van der Waals surface area (Å²) in [4.78, 5) is 69.7. The first-order valence-electron chi connectivity index (χ1n) is 22.5. The Kier molecular flexibility index (Phi) is 14.4. The van der Waals surface area contributed by atoms with E-state index >= 15 is 0 Å². The van der Waals surface area contributed by atoms with Crippen LogP contribution in [0.25, 0.3) is 11.1 Å². The number of carbonyl (C=O) groups is 5. The van der Waals surface area contributed by atoms with Gasteiger partial charge in [0.2, 0.25) is 11.8 Å². The summed E-state index contributed by atoms with van der Waals surface area (Å²) in [5.74, 6) is 0.0802. The molecular formula is C52H67N3O6. The van der Waals surface area contributed by atoms with E-state index in [0.717, 1.165) is 48.8 Å². The molecule has 2 fully saturated rings. The Hall–Kier alpha value is -5.05. The number of hydrogen-bond acceptors (Lipinski definition) is 6. The lowest BCUT2D eigenvalue weighted by Crippen LogP contribution is -2.53. The molecule has 2 heterocycles. The third-order valence-electron chi connectivity index (χ3n) is 13.5. The van der Waals surface area contributed by atoms with Crippen molar-refractivity contribution in [3.05, 3.63) is 106 Å². The lowest BCUT2D eigenvalue weighted by molar-refractivity contribution is -0.141. The van der Waals surface area contributed by atoms with Crippen LogP contribution in [0.4, 0.5) is 4.79 Å². The SMILES string of the molecule is COC(=O)N[C@H](C(=O)N1CCCC1C(=O)Cc1ccc(C2=C(c3ccc(C(C)(C)C)cc3)C(c3ccc(CC(=O)C4CCCN4C(=O)[C@@H](C)C(C)C)cc3)CC2)cc1)C(C)C. The van der Waals surface area contributed by atoms with Crippen molar-refractivity contribution in [3.8, 4) is 0 Å². The molecule has 1 N–H and O–H groups in total. The Morgan fingerprint density at radius 3 is 1.67 bits per heavy atom. The third kappa shape index (κ3) is 10.4. The molecule has 5 atom stereocenters. The molecule has 1 aliphatic carbocycles. The van der Waals surface area contributed by atoms with Crippen molar-refractivity contribution >= 4 is 40.6 Å². The van der Waals surface area contributed by atoms with Gasteiger partial charge in [-0.3, -0.25) is 19.2 Å². The molecule has 6 rings (SSSR count). The number of nitrogens with zero attached hydrogens (tertiary/aromatic N) is 2. The van der Waals surface area contributed by atoms with Crippen LogP contribution in [0.5, 0.6) is 0 Å². The number of nitrogens with one attached hydrogen (secondary N) is 1. The number of allylic oxidation sites excluding steroid dienone is 2. The van der Waals surface area contributed by atoms with Gasteiger partial charge in [0.1, 0.15) is 6.04 Å². The van der Waals surface area contributed by atoms with Gasteiger partial charge in [-0.25, -0.2) is 4.79 Å². The molecule has 3 unspecified atom stereocenters. The Bertz CT molecular complexity index is 2090. The van der Waals surface area contributed by atoms with E-state index in [1.54, 1.807) is 4.90 Å². The molecule has 0 saturated carbocycles. The highest BCUT2D eigenvalue weighted by atomic mass is 16.5. The number of rotatable bonds is 14. The maximum atomic E-state index is 13.8. The normalized spacial score (nSPS) is 20.3. The fraction of sp³-hybridized carbons (Fsp3) is 0.519. The molecule has 326 valence electrons. The van der Waals surface area contributed by atoms with Crippen molar-refractivity contribution < 1.29 is 28.7 Å². The first-order chi connectivity index (χ1) is 29.0. The standard InChI is InChI=1S/C52H67N3O6/c1-32(2)34(5)49(58)54-28-10-12-43(54)45(56)30-35-14-18-37(19-15-35)41-26-27-42(47(41)39-22-24-40(25-23-39)52(6,7)8)38-20-16-36(17-21-38)31-46(57)44-13-11-29-55(44)50(59)48(33(3)4)53-51(60)61-9/h14-25,32-34,41,43-44,48H,10-13,26-31H2,1-9H3,(H,53,60)/t34-,41?,43?,44?,48-/m0/s1. The monoisotopic (exact) mass is 830 g/mol. The van der Waals surface area contributed by atoms with Gasteiger partial charge in [-0.2, -0.15) is 0 Å². The minimum atomic E-state index is -0.769. The predicted octanol–water partition coefficient (Wildman–Crippen LogP) is 9.35. The molecular weight excluding hydrogens is 763 g/mol. The smallest absolute Gasteiger partial charge is 0.407 e. The molecule has 61 heavy (non-hydrogen) atoms. The zero-order valence-corrected chi connectivity index (χ0v) is 37.9. The van der Waals surface area contributed by atoms with Gasteiger partial charge < -0.3 is 19.9 Å². The van der Waals surface area contributed by atoms with Crippen molar-refractivity contribution in [1.29, 1.82) is 0 Å². The van der Waals surface area contributed by atoms with Crippen LogP contribution in [0.15, 0.2) is 72.8 Å². The summed E-state index contributed by atoms with van der Waals surface area (Å²) < 4.78 is 4.76. The zero-order valence-electron chi connectivity index (χ0n) is 37.9. The maximum Gasteiger partial charge on any atom is 0.407 e. The largest absolute Gasteiger partial charge is 0.453 e. The van der Waals surface area contributed by atoms with Gasteiger partial charge in [0, 0.05) is 37.8 Å². The van der Waals surface area contributed by atoms with Crippen molar-refractivity contribution in [2.45, 2.75) is 136 Å². The van der Waals surface area contributed by atoms with Crippen LogP contribution < -0.4 is 5.32 Å². The number of hydrogen-bond donors (Lipinski definition) is 1. The minimum absolute atomic E-state index is 0.00104. The molecule has 3 aromatic rings. The van der Waals surface area contributed by atoms with E-state index in [9.17, 15) is 24.0 Å². The van der Waals surface area contributed by atoms with E-state index in [1.165, 1.54) is 34.9 Å². The Morgan fingerprint density at radius 1 is 0.672 bits per heavy atom. The molecule has 0 radical (unpaired) electrons. The van der Waals surface area contributed by atoms with Crippen molar-refractivity contribution in [2.24, 2.45) is 17.8 Å². The van der Waals surface area contributed by atoms with Crippen LogP contribution in [0.2, 0.25) is 0 Å². The molecule has 3 aliphatic rings. The van der Waals surface area contributed by atoms with Crippen LogP contribution in [0.1, 0.15) is 133 Å². The number of alkyl carbamates (subject to hydrolysis) is 1. The summed E-state index contributed by atoms with van der Waals surface area (Å²) in [6.07, 6.45) is 4.65. The number of amides is 3. The summed E-state index contributed by atoms with van der Waals surface area (Å²) in [5, 5.41) is 2.66. The van der Waals surface area contributed by atoms with Gasteiger partial charge in [-0.05, 0) is 100 Å². The lowest BCUT2D eigenvalue weighted by Gasteiger charge is -2.30. The van der Waals surface area contributed by atoms with Crippen molar-refractivity contribution in [3.63, 3.8) is 0 Å². The van der Waals surface area contributed by atoms with E-state index in [-0.39, 0.29) is 64.9 Å². The van der Waals surface area contributed by atoms with Crippen LogP contribution >= 0.6 is 0 Å². The fourth-order valence-corrected chi connectivity index (χ4v) is 9.42. The second kappa shape index (κ2) is 19.3. The highest BCUT2D eigenvalue weighted by Crippen LogP contribution is 2.49. The number of carbonyl (C=O) groups excluding carboxylic acids is 5. The number of Topliss-reactive ketones (excluding diaryl/α,β-unsaturated/α-hetero) is 2. The van der Waals surface area contributed by atoms with Gasteiger partial charge in [0.05, 0.1) is 19.2 Å².